The monoisotopic (exact) mass is 343 g/mol. The number of likely N-dealkylation sites (N-methyl/N-ethyl adjacent to an activating group) is 1. The molecule has 4 nitrogen and oxygen atoms in total. The van der Waals surface area contributed by atoms with Gasteiger partial charge >= 0.3 is 5.97 Å². The highest BCUT2D eigenvalue weighted by Gasteiger charge is 2.50. The molecule has 4 atom stereocenters. The Bertz CT molecular complexity index is 613. The van der Waals surface area contributed by atoms with Gasteiger partial charge in [0.15, 0.2) is 5.60 Å². The van der Waals surface area contributed by atoms with E-state index < -0.39 is 11.6 Å². The number of benzene rings is 1. The van der Waals surface area contributed by atoms with Crippen molar-refractivity contribution in [3.05, 3.63) is 35.9 Å². The van der Waals surface area contributed by atoms with Gasteiger partial charge in [-0.2, -0.15) is 0 Å². The first-order valence-corrected chi connectivity index (χ1v) is 9.81. The summed E-state index contributed by atoms with van der Waals surface area (Å²) in [5.74, 6) is -0.477. The van der Waals surface area contributed by atoms with Gasteiger partial charge in [-0.15, -0.1) is 0 Å². The number of esters is 1. The van der Waals surface area contributed by atoms with Crippen LogP contribution in [0.4, 0.5) is 0 Å². The van der Waals surface area contributed by atoms with Gasteiger partial charge in [-0.1, -0.05) is 43.2 Å². The van der Waals surface area contributed by atoms with Gasteiger partial charge in [0.25, 0.3) is 0 Å². The second-order valence-corrected chi connectivity index (χ2v) is 8.10. The lowest BCUT2D eigenvalue weighted by Gasteiger charge is -2.39. The minimum absolute atomic E-state index is 0.0416. The van der Waals surface area contributed by atoms with Crippen LogP contribution in [0.25, 0.3) is 0 Å². The number of hydrogen-bond donors (Lipinski definition) is 1. The molecule has 4 rings (SSSR count). The number of carbonyl (C=O) groups excluding carboxylic acids is 1. The van der Waals surface area contributed by atoms with E-state index >= 15 is 0 Å². The number of nitrogens with zero attached hydrogens (tertiary/aromatic N) is 1. The summed E-state index contributed by atoms with van der Waals surface area (Å²) in [4.78, 5) is 15.6. The highest BCUT2D eigenvalue weighted by atomic mass is 16.6. The Labute approximate surface area is 150 Å². The molecule has 4 unspecified atom stereocenters. The fourth-order valence-electron chi connectivity index (χ4n) is 5.31. The first-order valence-electron chi connectivity index (χ1n) is 9.81. The number of aliphatic hydroxyl groups is 1. The molecular weight excluding hydrogens is 314 g/mol. The number of hydrogen-bond acceptors (Lipinski definition) is 4. The van der Waals surface area contributed by atoms with E-state index in [9.17, 15) is 9.90 Å². The maximum Gasteiger partial charge on any atom is 0.343 e. The summed E-state index contributed by atoms with van der Waals surface area (Å²) in [5, 5.41) is 11.5. The first-order chi connectivity index (χ1) is 12.1. The quantitative estimate of drug-likeness (QED) is 0.853. The zero-order chi connectivity index (χ0) is 17.4. The van der Waals surface area contributed by atoms with Crippen LogP contribution in [0.2, 0.25) is 0 Å². The minimum Gasteiger partial charge on any atom is -0.458 e. The summed E-state index contributed by atoms with van der Waals surface area (Å²) >= 11 is 0. The van der Waals surface area contributed by atoms with Crippen molar-refractivity contribution < 1.29 is 14.6 Å². The van der Waals surface area contributed by atoms with Crippen LogP contribution in [-0.4, -0.2) is 41.2 Å². The number of rotatable bonds is 4. The fourth-order valence-corrected chi connectivity index (χ4v) is 5.31. The average molecular weight is 343 g/mol. The van der Waals surface area contributed by atoms with Crippen molar-refractivity contribution in [1.82, 2.24) is 4.90 Å². The minimum atomic E-state index is -1.51. The zero-order valence-corrected chi connectivity index (χ0v) is 15.1. The van der Waals surface area contributed by atoms with E-state index in [4.69, 9.17) is 4.74 Å². The Morgan fingerprint density at radius 2 is 1.76 bits per heavy atom. The molecule has 4 heteroatoms. The highest BCUT2D eigenvalue weighted by Crippen LogP contribution is 2.43. The van der Waals surface area contributed by atoms with Crippen LogP contribution in [0.5, 0.6) is 0 Å². The third-order valence-electron chi connectivity index (χ3n) is 6.84. The molecule has 2 heterocycles. The van der Waals surface area contributed by atoms with Crippen molar-refractivity contribution in [2.45, 2.75) is 75.2 Å². The van der Waals surface area contributed by atoms with E-state index in [1.807, 2.05) is 30.3 Å². The number of carbonyl (C=O) groups is 1. The summed E-state index contributed by atoms with van der Waals surface area (Å²) in [6.45, 7) is 0. The molecule has 0 radical (unpaired) electrons. The first kappa shape index (κ1) is 17.0. The van der Waals surface area contributed by atoms with E-state index in [-0.39, 0.29) is 12.0 Å². The van der Waals surface area contributed by atoms with Crippen molar-refractivity contribution in [1.29, 1.82) is 0 Å². The smallest absolute Gasteiger partial charge is 0.343 e. The summed E-state index contributed by atoms with van der Waals surface area (Å²) in [6, 6.07) is 10.4. The van der Waals surface area contributed by atoms with E-state index in [2.05, 4.69) is 11.9 Å². The summed E-state index contributed by atoms with van der Waals surface area (Å²) in [5.41, 5.74) is -0.827. The highest BCUT2D eigenvalue weighted by molar-refractivity contribution is 5.82. The maximum atomic E-state index is 13.2. The van der Waals surface area contributed by atoms with Gasteiger partial charge in [-0.05, 0) is 51.1 Å². The number of piperidine rings is 1. The molecular formula is C21H29NO3. The molecule has 0 spiro atoms. The topological polar surface area (TPSA) is 49.8 Å². The largest absolute Gasteiger partial charge is 0.458 e. The molecule has 3 aliphatic rings. The van der Waals surface area contributed by atoms with Gasteiger partial charge in [-0.25, -0.2) is 4.79 Å². The van der Waals surface area contributed by atoms with Crippen LogP contribution in [0.3, 0.4) is 0 Å². The molecule has 1 aliphatic carbocycles. The Hall–Kier alpha value is -1.39. The van der Waals surface area contributed by atoms with Gasteiger partial charge in [-0.3, -0.25) is 4.90 Å². The Morgan fingerprint density at radius 1 is 1.08 bits per heavy atom. The second-order valence-electron chi connectivity index (χ2n) is 8.10. The number of fused-ring (bicyclic) bond motifs is 2. The van der Waals surface area contributed by atoms with Crippen LogP contribution in [0.15, 0.2) is 30.3 Å². The van der Waals surface area contributed by atoms with Crippen molar-refractivity contribution in [3.8, 4) is 0 Å². The third-order valence-corrected chi connectivity index (χ3v) is 6.84. The van der Waals surface area contributed by atoms with E-state index in [1.54, 1.807) is 0 Å². The van der Waals surface area contributed by atoms with Crippen molar-refractivity contribution in [2.75, 3.05) is 7.05 Å². The lowest BCUT2D eigenvalue weighted by molar-refractivity contribution is -0.184. The molecule has 1 N–H and O–H groups in total. The fraction of sp³-hybridized carbons (Fsp3) is 0.667. The van der Waals surface area contributed by atoms with Crippen LogP contribution in [0.1, 0.15) is 56.9 Å². The van der Waals surface area contributed by atoms with Gasteiger partial charge < -0.3 is 9.84 Å². The van der Waals surface area contributed by atoms with E-state index in [1.165, 1.54) is 6.42 Å². The van der Waals surface area contributed by atoms with Crippen LogP contribution < -0.4 is 0 Å². The van der Waals surface area contributed by atoms with E-state index in [0.29, 0.717) is 17.6 Å². The summed E-state index contributed by atoms with van der Waals surface area (Å²) in [7, 11) is 2.14. The maximum absolute atomic E-state index is 13.2. The van der Waals surface area contributed by atoms with Crippen molar-refractivity contribution in [3.63, 3.8) is 0 Å². The third kappa shape index (κ3) is 2.89. The van der Waals surface area contributed by atoms with E-state index in [0.717, 1.165) is 44.9 Å². The molecule has 25 heavy (non-hydrogen) atoms. The molecule has 1 saturated carbocycles. The molecule has 1 aromatic rings. The van der Waals surface area contributed by atoms with Gasteiger partial charge in [0.05, 0.1) is 0 Å². The SMILES string of the molecule is CN1C2CCC(OC(=O)C(O)(c3ccccc3)C3CCCC3)C1CC2. The molecule has 3 fully saturated rings. The predicted molar refractivity (Wildman–Crippen MR) is 96.0 cm³/mol. The van der Waals surface area contributed by atoms with Crippen molar-refractivity contribution >= 4 is 5.97 Å². The summed E-state index contributed by atoms with van der Waals surface area (Å²) in [6.07, 6.45) is 8.11. The van der Waals surface area contributed by atoms with Gasteiger partial charge in [0.1, 0.15) is 6.10 Å². The van der Waals surface area contributed by atoms with Crippen LogP contribution >= 0.6 is 0 Å². The molecule has 1 aromatic carbocycles. The zero-order valence-electron chi connectivity index (χ0n) is 15.1. The van der Waals surface area contributed by atoms with Crippen LogP contribution in [0, 0.1) is 5.92 Å². The average Bonchev–Trinajstić information content (AvgIpc) is 3.24. The molecule has 136 valence electrons. The Morgan fingerprint density at radius 3 is 2.48 bits per heavy atom. The molecule has 0 amide bonds. The number of ether oxygens (including phenoxy) is 1. The standard InChI is InChI=1S/C21H29NO3/c1-22-17-11-13-18(22)19(14-12-17)25-20(23)21(24,16-9-5-6-10-16)15-7-3-2-4-8-15/h2-4,7-8,16-19,24H,5-6,9-14H2,1H3. The molecule has 2 bridgehead atoms. The Kier molecular flexibility index (Phi) is 4.59. The Balaban J connectivity index is 1.58. The summed E-state index contributed by atoms with van der Waals surface area (Å²) < 4.78 is 5.99. The lowest BCUT2D eigenvalue weighted by atomic mass is 9.80. The molecule has 2 saturated heterocycles. The van der Waals surface area contributed by atoms with Gasteiger partial charge in [0, 0.05) is 18.0 Å². The van der Waals surface area contributed by atoms with Crippen molar-refractivity contribution in [2.24, 2.45) is 5.92 Å². The van der Waals surface area contributed by atoms with Crippen LogP contribution in [-0.2, 0) is 15.1 Å². The molecule has 2 aliphatic heterocycles. The molecule has 0 aromatic heterocycles. The van der Waals surface area contributed by atoms with Gasteiger partial charge in [0.2, 0.25) is 0 Å². The normalized spacial score (nSPS) is 32.5. The second kappa shape index (κ2) is 6.73. The predicted octanol–water partition coefficient (Wildman–Crippen LogP) is 3.23. The lowest BCUT2D eigenvalue weighted by Crippen LogP contribution is -2.51.